The molecule has 0 fully saturated rings. The predicted molar refractivity (Wildman–Crippen MR) is 54.9 cm³/mol. The Hall–Kier alpha value is -2.57. The Morgan fingerprint density at radius 2 is 1.83 bits per heavy atom. The monoisotopic (exact) mass is 316 g/mol. The number of fused-ring (bicyclic) bond motifs is 2. The molecule has 0 saturated heterocycles. The van der Waals surface area contributed by atoms with Gasteiger partial charge in [0.2, 0.25) is 5.95 Å². The summed E-state index contributed by atoms with van der Waals surface area (Å²) < 4.78 is 4.30. The number of aromatic nitrogens is 7. The summed E-state index contributed by atoms with van der Waals surface area (Å²) in [6, 6.07) is 0. The number of anilines is 2. The Morgan fingerprint density at radius 1 is 1.17 bits per heavy atom. The van der Waals surface area contributed by atoms with Crippen LogP contribution in [0.3, 0.4) is 0 Å². The molecule has 3 aromatic heterocycles. The van der Waals surface area contributed by atoms with Crippen LogP contribution in [0.4, 0.5) is 11.9 Å². The van der Waals surface area contributed by atoms with Crippen molar-refractivity contribution in [3.05, 3.63) is 5.62 Å². The maximum atomic E-state index is 7.86. The van der Waals surface area contributed by atoms with E-state index in [1.807, 2.05) is 0 Å². The average molecular weight is 317 g/mol. The highest BCUT2D eigenvalue weighted by atomic mass is 79.9. The predicted octanol–water partition coefficient (Wildman–Crippen LogP) is -7.46. The minimum absolute atomic E-state index is 0. The lowest BCUT2D eigenvalue weighted by Crippen LogP contribution is -3.00. The Balaban J connectivity index is 0.00000120. The van der Waals surface area contributed by atoms with Crippen LogP contribution in [0.15, 0.2) is 0 Å². The molecule has 0 radical (unpaired) electrons. The van der Waals surface area contributed by atoms with Crippen molar-refractivity contribution in [1.29, 1.82) is 5.41 Å². The van der Waals surface area contributed by atoms with Crippen LogP contribution in [-0.4, -0.2) is 28.9 Å². The highest BCUT2D eigenvalue weighted by Gasteiger charge is 2.21. The van der Waals surface area contributed by atoms with E-state index in [1.54, 1.807) is 0 Å². The van der Waals surface area contributed by atoms with E-state index in [-0.39, 0.29) is 46.1 Å². The summed E-state index contributed by atoms with van der Waals surface area (Å²) in [6.45, 7) is 0. The Bertz CT molecular complexity index is 742. The molecule has 3 rings (SSSR count). The van der Waals surface area contributed by atoms with Crippen LogP contribution >= 0.6 is 0 Å². The van der Waals surface area contributed by atoms with Crippen LogP contribution in [0.2, 0.25) is 0 Å². The Kier molecular flexibility index (Phi) is 2.29. The second-order valence-corrected chi connectivity index (χ2v) is 3.32. The van der Waals surface area contributed by atoms with E-state index in [9.17, 15) is 0 Å². The van der Waals surface area contributed by atoms with Gasteiger partial charge in [0.1, 0.15) is 0 Å². The van der Waals surface area contributed by atoms with E-state index in [2.05, 4.69) is 15.2 Å². The molecule has 0 bridgehead atoms. The van der Waals surface area contributed by atoms with Crippen molar-refractivity contribution < 1.29 is 21.7 Å². The summed E-state index contributed by atoms with van der Waals surface area (Å²) in [4.78, 5) is 4.08. The van der Waals surface area contributed by atoms with Crippen LogP contribution in [-0.2, 0) is 0 Å². The fourth-order valence-corrected chi connectivity index (χ4v) is 1.47. The molecule has 3 aromatic rings. The fraction of sp³-hybridized carbons (Fsp3) is 0. The smallest absolute Gasteiger partial charge is 0.386 e. The Morgan fingerprint density at radius 3 is 2.50 bits per heavy atom. The number of nitrogens with two attached hydrogens (primary N) is 4. The van der Waals surface area contributed by atoms with E-state index in [1.165, 1.54) is 0 Å². The number of hydrogen-bond acceptors (Lipinski definition) is 8. The van der Waals surface area contributed by atoms with Gasteiger partial charge < -0.3 is 40.1 Å². The first-order valence-corrected chi connectivity index (χ1v) is 4.43. The highest BCUT2D eigenvalue weighted by Crippen LogP contribution is 2.00. The van der Waals surface area contributed by atoms with Gasteiger partial charge in [-0.15, -0.1) is 14.3 Å². The molecule has 9 N–H and O–H groups in total. The topological polar surface area (TPSA) is 184 Å². The van der Waals surface area contributed by atoms with Crippen molar-refractivity contribution in [2.75, 3.05) is 23.2 Å². The third-order valence-corrected chi connectivity index (χ3v) is 2.31. The number of nitrogens with one attached hydrogen (secondary N) is 1. The van der Waals surface area contributed by atoms with Crippen molar-refractivity contribution in [2.45, 2.75) is 0 Å². The quantitative estimate of drug-likeness (QED) is 0.201. The van der Waals surface area contributed by atoms with Crippen LogP contribution < -0.4 is 50.4 Å². The van der Waals surface area contributed by atoms with Gasteiger partial charge >= 0.3 is 17.5 Å². The maximum Gasteiger partial charge on any atom is 0.386 e. The first-order valence-electron chi connectivity index (χ1n) is 4.43. The summed E-state index contributed by atoms with van der Waals surface area (Å²) in [7, 11) is 0. The van der Waals surface area contributed by atoms with Gasteiger partial charge in [-0.3, -0.25) is 5.41 Å². The molecule has 0 saturated carbocycles. The third-order valence-electron chi connectivity index (χ3n) is 2.31. The second-order valence-electron chi connectivity index (χ2n) is 3.32. The van der Waals surface area contributed by atoms with Gasteiger partial charge in [-0.25, -0.2) is 0 Å². The van der Waals surface area contributed by atoms with Gasteiger partial charge in [0, 0.05) is 5.10 Å². The number of hydrogen-bond donors (Lipinski definition) is 5. The van der Waals surface area contributed by atoms with Gasteiger partial charge in [-0.05, 0) is 0 Å². The molecule has 0 aromatic carbocycles. The fourth-order valence-electron chi connectivity index (χ4n) is 1.47. The zero-order chi connectivity index (χ0) is 12.3. The highest BCUT2D eigenvalue weighted by molar-refractivity contribution is 5.40. The maximum absolute atomic E-state index is 7.86. The molecule has 0 spiro atoms. The van der Waals surface area contributed by atoms with Crippen molar-refractivity contribution in [1.82, 2.24) is 28.9 Å². The molecule has 13 heteroatoms. The lowest BCUT2D eigenvalue weighted by Gasteiger charge is -1.92. The average Bonchev–Trinajstić information content (AvgIpc) is 2.73. The van der Waals surface area contributed by atoms with E-state index < -0.39 is 0 Å². The molecule has 3 heterocycles. The number of halogens is 1. The van der Waals surface area contributed by atoms with Crippen LogP contribution in [0.1, 0.15) is 0 Å². The third kappa shape index (κ3) is 1.21. The van der Waals surface area contributed by atoms with Crippen molar-refractivity contribution >= 4 is 23.5 Å². The lowest BCUT2D eigenvalue weighted by molar-refractivity contribution is -0.599. The lowest BCUT2D eigenvalue weighted by atomic mass is 10.9. The molecule has 0 atom stereocenters. The number of rotatable bonds is 0. The summed E-state index contributed by atoms with van der Waals surface area (Å²) >= 11 is 0. The van der Waals surface area contributed by atoms with E-state index in [0.29, 0.717) is 0 Å². The SMILES string of the molecule is N=c1n2nc(N)n(N)c2nc2n1nc(N)[n+]2N.[Br-]. The van der Waals surface area contributed by atoms with E-state index in [0.717, 1.165) is 18.4 Å². The summed E-state index contributed by atoms with van der Waals surface area (Å²) in [5.74, 6) is 11.5. The zero-order valence-corrected chi connectivity index (χ0v) is 10.4. The molecule has 12 nitrogen and oxygen atoms in total. The summed E-state index contributed by atoms with van der Waals surface area (Å²) in [6.07, 6.45) is 0. The molecule has 96 valence electrons. The van der Waals surface area contributed by atoms with Crippen LogP contribution in [0.25, 0.3) is 11.6 Å². The summed E-state index contributed by atoms with van der Waals surface area (Å²) in [5, 5.41) is 15.5. The van der Waals surface area contributed by atoms with Gasteiger partial charge in [0.25, 0.3) is 5.62 Å². The standard InChI is InChI=1S/C5H9N12.BrH/c6-1-12-16-3(8)17-5(11-4(16)14(1)9)15(10)2(7)13-17;/h8H,9-10H2,(H2,6,12)(H2,7,13);1H/q+1;/p-1. The molecule has 0 aliphatic carbocycles. The molecular formula is C5H9BrN12. The van der Waals surface area contributed by atoms with Gasteiger partial charge in [-0.1, -0.05) is 9.50 Å². The Labute approximate surface area is 109 Å². The molecule has 0 amide bonds. The van der Waals surface area contributed by atoms with Crippen LogP contribution in [0.5, 0.6) is 0 Å². The summed E-state index contributed by atoms with van der Waals surface area (Å²) in [5.41, 5.74) is 10.9. The second kappa shape index (κ2) is 3.46. The molecule has 0 unspecified atom stereocenters. The first kappa shape index (κ1) is 11.9. The van der Waals surface area contributed by atoms with E-state index in [4.69, 9.17) is 28.6 Å². The number of nitrogen functional groups attached to an aromatic ring is 4. The zero-order valence-electron chi connectivity index (χ0n) is 8.82. The van der Waals surface area contributed by atoms with Crippen molar-refractivity contribution in [2.24, 2.45) is 0 Å². The van der Waals surface area contributed by atoms with Crippen molar-refractivity contribution in [3.63, 3.8) is 0 Å². The normalized spacial score (nSPS) is 10.9. The largest absolute Gasteiger partial charge is 1.00 e. The molecule has 0 aliphatic rings. The molecule has 0 aliphatic heterocycles. The molecular weight excluding hydrogens is 308 g/mol. The van der Waals surface area contributed by atoms with Crippen LogP contribution in [0, 0.1) is 5.41 Å². The minimum atomic E-state index is -0.128. The van der Waals surface area contributed by atoms with E-state index >= 15 is 0 Å². The molecule has 18 heavy (non-hydrogen) atoms. The van der Waals surface area contributed by atoms with Gasteiger partial charge in [0.05, 0.1) is 0 Å². The first-order chi connectivity index (χ1) is 8.00. The van der Waals surface area contributed by atoms with Gasteiger partial charge in [0.15, 0.2) is 0 Å². The minimum Gasteiger partial charge on any atom is -1.00 e. The van der Waals surface area contributed by atoms with Gasteiger partial charge in [-0.2, -0.15) is 4.68 Å². The number of nitrogens with zero attached hydrogens (tertiary/aromatic N) is 7. The van der Waals surface area contributed by atoms with Crippen molar-refractivity contribution in [3.8, 4) is 0 Å².